The van der Waals surface area contributed by atoms with Gasteiger partial charge in [-0.15, -0.1) is 0 Å². The Labute approximate surface area is 154 Å². The average molecular weight is 382 g/mol. The van der Waals surface area contributed by atoms with Crippen molar-refractivity contribution in [1.29, 1.82) is 0 Å². The van der Waals surface area contributed by atoms with Crippen molar-refractivity contribution in [2.24, 2.45) is 0 Å². The first-order chi connectivity index (χ1) is 12.9. The van der Waals surface area contributed by atoms with Crippen LogP contribution in [0.5, 0.6) is 5.75 Å². The van der Waals surface area contributed by atoms with Crippen molar-refractivity contribution in [3.05, 3.63) is 47.3 Å². The lowest BCUT2D eigenvalue weighted by atomic mass is 10.2. The van der Waals surface area contributed by atoms with Crippen LogP contribution >= 0.6 is 0 Å². The lowest BCUT2D eigenvalue weighted by Gasteiger charge is -2.33. The number of aromatic nitrogens is 2. The summed E-state index contributed by atoms with van der Waals surface area (Å²) in [6.07, 6.45) is -4.42. The third-order valence-corrected chi connectivity index (χ3v) is 4.51. The van der Waals surface area contributed by atoms with E-state index >= 15 is 0 Å². The second-order valence-electron chi connectivity index (χ2n) is 6.32. The van der Waals surface area contributed by atoms with Crippen LogP contribution in [0.4, 0.5) is 13.2 Å². The standard InChI is InChI=1S/C18H21F3N4O2/c1-2-24-6-8-25(9-7-24)17(26)16-11-14(22-23-16)12-27-15-5-3-4-13(10-15)18(19,20)21/h3-5,10-11H,2,6-9,12H2,1H3,(H,22,23). The summed E-state index contributed by atoms with van der Waals surface area (Å²) < 4.78 is 43.6. The van der Waals surface area contributed by atoms with Crippen LogP contribution in [-0.2, 0) is 12.8 Å². The van der Waals surface area contributed by atoms with E-state index in [0.717, 1.165) is 31.8 Å². The molecule has 0 spiro atoms. The van der Waals surface area contributed by atoms with Crippen LogP contribution in [0.25, 0.3) is 0 Å². The highest BCUT2D eigenvalue weighted by Gasteiger charge is 2.30. The molecule has 6 nitrogen and oxygen atoms in total. The van der Waals surface area contributed by atoms with Crippen molar-refractivity contribution in [3.8, 4) is 5.75 Å². The van der Waals surface area contributed by atoms with Gasteiger partial charge in [-0.2, -0.15) is 18.3 Å². The molecular formula is C18H21F3N4O2. The molecule has 146 valence electrons. The lowest BCUT2D eigenvalue weighted by Crippen LogP contribution is -2.48. The summed E-state index contributed by atoms with van der Waals surface area (Å²) in [6.45, 7) is 6.00. The average Bonchev–Trinajstić information content (AvgIpc) is 3.14. The molecule has 0 atom stereocenters. The Morgan fingerprint density at radius 2 is 1.96 bits per heavy atom. The molecule has 1 aromatic carbocycles. The number of H-pyrrole nitrogens is 1. The maximum atomic E-state index is 12.7. The van der Waals surface area contributed by atoms with Crippen LogP contribution in [-0.4, -0.2) is 58.6 Å². The summed E-state index contributed by atoms with van der Waals surface area (Å²) in [5.41, 5.74) is 0.0252. The van der Waals surface area contributed by atoms with Crippen LogP contribution in [0.1, 0.15) is 28.7 Å². The van der Waals surface area contributed by atoms with Gasteiger partial charge in [-0.25, -0.2) is 0 Å². The number of likely N-dealkylation sites (N-methyl/N-ethyl adjacent to an activating group) is 1. The minimum absolute atomic E-state index is 0.00873. The highest BCUT2D eigenvalue weighted by molar-refractivity contribution is 5.92. The van der Waals surface area contributed by atoms with Crippen LogP contribution in [0.3, 0.4) is 0 Å². The number of carbonyl (C=O) groups excluding carboxylic acids is 1. The van der Waals surface area contributed by atoms with Crippen molar-refractivity contribution in [3.63, 3.8) is 0 Å². The molecule has 1 fully saturated rings. The number of rotatable bonds is 5. The summed E-state index contributed by atoms with van der Waals surface area (Å²) in [6, 6.07) is 6.23. The van der Waals surface area contributed by atoms with Gasteiger partial charge < -0.3 is 14.5 Å². The monoisotopic (exact) mass is 382 g/mol. The lowest BCUT2D eigenvalue weighted by molar-refractivity contribution is -0.137. The van der Waals surface area contributed by atoms with E-state index in [9.17, 15) is 18.0 Å². The Hall–Kier alpha value is -2.55. The number of amides is 1. The topological polar surface area (TPSA) is 61.5 Å². The Kier molecular flexibility index (Phi) is 5.69. The molecule has 0 radical (unpaired) electrons. The van der Waals surface area contributed by atoms with Gasteiger partial charge in [0.25, 0.3) is 5.91 Å². The number of ether oxygens (including phenoxy) is 1. The van der Waals surface area contributed by atoms with E-state index in [0.29, 0.717) is 18.8 Å². The zero-order chi connectivity index (χ0) is 19.4. The van der Waals surface area contributed by atoms with Crippen LogP contribution in [0.15, 0.2) is 30.3 Å². The summed E-state index contributed by atoms with van der Waals surface area (Å²) in [5, 5.41) is 6.72. The van der Waals surface area contributed by atoms with Gasteiger partial charge in [0.2, 0.25) is 0 Å². The minimum Gasteiger partial charge on any atom is -0.487 e. The van der Waals surface area contributed by atoms with Gasteiger partial charge in [-0.3, -0.25) is 9.89 Å². The Morgan fingerprint density at radius 1 is 1.22 bits per heavy atom. The Balaban J connectivity index is 1.58. The first-order valence-corrected chi connectivity index (χ1v) is 8.73. The van der Waals surface area contributed by atoms with Crippen LogP contribution < -0.4 is 4.74 Å². The van der Waals surface area contributed by atoms with Gasteiger partial charge in [0.1, 0.15) is 12.4 Å². The maximum absolute atomic E-state index is 12.7. The highest BCUT2D eigenvalue weighted by Crippen LogP contribution is 2.31. The smallest absolute Gasteiger partial charge is 0.416 e. The number of aromatic amines is 1. The van der Waals surface area contributed by atoms with Gasteiger partial charge in [-0.1, -0.05) is 13.0 Å². The quantitative estimate of drug-likeness (QED) is 0.864. The van der Waals surface area contributed by atoms with Crippen molar-refractivity contribution in [2.45, 2.75) is 19.7 Å². The normalized spacial score (nSPS) is 15.8. The molecule has 3 rings (SSSR count). The molecule has 1 aliphatic heterocycles. The van der Waals surface area contributed by atoms with Crippen molar-refractivity contribution in [2.75, 3.05) is 32.7 Å². The predicted octanol–water partition coefficient (Wildman–Crippen LogP) is 2.79. The number of hydrogen-bond acceptors (Lipinski definition) is 4. The molecule has 1 N–H and O–H groups in total. The van der Waals surface area contributed by atoms with E-state index in [1.165, 1.54) is 12.1 Å². The van der Waals surface area contributed by atoms with Gasteiger partial charge >= 0.3 is 6.18 Å². The molecule has 1 aromatic heterocycles. The number of benzene rings is 1. The number of alkyl halides is 3. The van der Waals surface area contributed by atoms with Crippen molar-refractivity contribution < 1.29 is 22.7 Å². The summed E-state index contributed by atoms with van der Waals surface area (Å²) in [7, 11) is 0. The van der Waals surface area contributed by atoms with Crippen molar-refractivity contribution in [1.82, 2.24) is 20.0 Å². The molecule has 0 saturated carbocycles. The second-order valence-corrected chi connectivity index (χ2v) is 6.32. The molecule has 0 unspecified atom stereocenters. The fourth-order valence-electron chi connectivity index (χ4n) is 2.90. The number of nitrogens with one attached hydrogen (secondary N) is 1. The van der Waals surface area contributed by atoms with E-state index < -0.39 is 11.7 Å². The number of nitrogens with zero attached hydrogens (tertiary/aromatic N) is 3. The first kappa shape index (κ1) is 19.2. The van der Waals surface area contributed by atoms with Crippen LogP contribution in [0.2, 0.25) is 0 Å². The van der Waals surface area contributed by atoms with Crippen molar-refractivity contribution >= 4 is 5.91 Å². The van der Waals surface area contributed by atoms with E-state index in [4.69, 9.17) is 4.74 Å². The summed E-state index contributed by atoms with van der Waals surface area (Å²) >= 11 is 0. The van der Waals surface area contributed by atoms with Gasteiger partial charge in [-0.05, 0) is 30.8 Å². The number of hydrogen-bond donors (Lipinski definition) is 1. The van der Waals surface area contributed by atoms with Crippen LogP contribution in [0, 0.1) is 0 Å². The molecule has 0 aliphatic carbocycles. The minimum atomic E-state index is -4.42. The largest absolute Gasteiger partial charge is 0.487 e. The predicted molar refractivity (Wildman–Crippen MR) is 92.4 cm³/mol. The number of halogens is 3. The fourth-order valence-corrected chi connectivity index (χ4v) is 2.90. The molecule has 1 amide bonds. The molecule has 2 aromatic rings. The Bertz CT molecular complexity index is 783. The third kappa shape index (κ3) is 4.79. The van der Waals surface area contributed by atoms with Gasteiger partial charge in [0.15, 0.2) is 5.69 Å². The molecule has 2 heterocycles. The van der Waals surface area contributed by atoms with E-state index in [1.54, 1.807) is 11.0 Å². The number of piperazine rings is 1. The van der Waals surface area contributed by atoms with Gasteiger partial charge in [0, 0.05) is 26.2 Å². The fraction of sp³-hybridized carbons (Fsp3) is 0.444. The zero-order valence-electron chi connectivity index (χ0n) is 14.9. The second kappa shape index (κ2) is 7.99. The van der Waals surface area contributed by atoms with E-state index in [2.05, 4.69) is 22.0 Å². The highest BCUT2D eigenvalue weighted by atomic mass is 19.4. The molecular weight excluding hydrogens is 361 g/mol. The van der Waals surface area contributed by atoms with E-state index in [1.807, 2.05) is 0 Å². The molecule has 0 bridgehead atoms. The molecule has 1 saturated heterocycles. The van der Waals surface area contributed by atoms with E-state index in [-0.39, 0.29) is 24.0 Å². The molecule has 1 aliphatic rings. The molecule has 9 heteroatoms. The SMILES string of the molecule is CCN1CCN(C(=O)c2cc(COc3cccc(C(F)(F)F)c3)[nH]n2)CC1. The van der Waals surface area contributed by atoms with Gasteiger partial charge in [0.05, 0.1) is 11.3 Å². The third-order valence-electron chi connectivity index (χ3n) is 4.51. The Morgan fingerprint density at radius 3 is 2.63 bits per heavy atom. The number of carbonyl (C=O) groups is 1. The first-order valence-electron chi connectivity index (χ1n) is 8.73. The zero-order valence-corrected chi connectivity index (χ0v) is 14.9. The maximum Gasteiger partial charge on any atom is 0.416 e. The molecule has 27 heavy (non-hydrogen) atoms. The summed E-state index contributed by atoms with van der Waals surface area (Å²) in [4.78, 5) is 16.5. The summed E-state index contributed by atoms with van der Waals surface area (Å²) in [5.74, 6) is -0.0599.